The van der Waals surface area contributed by atoms with E-state index in [-0.39, 0.29) is 10.6 Å². The van der Waals surface area contributed by atoms with Crippen LogP contribution in [0.1, 0.15) is 26.2 Å². The smallest absolute Gasteiger partial charge is 0.311 e. The number of aromatic nitrogens is 1. The molecule has 7 heteroatoms. The molecule has 1 aromatic rings. The number of anilines is 1. The zero-order chi connectivity index (χ0) is 14.5. The van der Waals surface area contributed by atoms with Crippen molar-refractivity contribution >= 4 is 27.3 Å². The number of nitrogens with one attached hydrogen (secondary N) is 1. The van der Waals surface area contributed by atoms with Crippen molar-refractivity contribution in [1.82, 2.24) is 10.3 Å². The van der Waals surface area contributed by atoms with Gasteiger partial charge in [-0.1, -0.05) is 6.92 Å². The molecule has 1 N–H and O–H groups in total. The quantitative estimate of drug-likeness (QED) is 0.635. The van der Waals surface area contributed by atoms with Crippen LogP contribution in [0.3, 0.4) is 0 Å². The van der Waals surface area contributed by atoms with Crippen molar-refractivity contribution in [2.24, 2.45) is 0 Å². The summed E-state index contributed by atoms with van der Waals surface area (Å²) >= 11 is 3.41. The second kappa shape index (κ2) is 6.99. The first-order chi connectivity index (χ1) is 9.63. The van der Waals surface area contributed by atoms with Gasteiger partial charge in [-0.2, -0.15) is 0 Å². The van der Waals surface area contributed by atoms with Crippen molar-refractivity contribution < 1.29 is 4.92 Å². The summed E-state index contributed by atoms with van der Waals surface area (Å²) < 4.78 is 0.679. The highest BCUT2D eigenvalue weighted by molar-refractivity contribution is 9.10. The maximum Gasteiger partial charge on any atom is 0.311 e. The molecule has 0 spiro atoms. The minimum absolute atomic E-state index is 0.0609. The molecule has 20 heavy (non-hydrogen) atoms. The van der Waals surface area contributed by atoms with Gasteiger partial charge in [0.05, 0.1) is 9.40 Å². The maximum absolute atomic E-state index is 11.2. The first-order valence-corrected chi connectivity index (χ1v) is 7.69. The third-order valence-electron chi connectivity index (χ3n) is 3.46. The molecule has 1 aliphatic rings. The fraction of sp³-hybridized carbons (Fsp3) is 0.615. The molecule has 2 rings (SSSR count). The van der Waals surface area contributed by atoms with E-state index in [2.05, 4.69) is 38.1 Å². The van der Waals surface area contributed by atoms with Gasteiger partial charge in [0.25, 0.3) is 0 Å². The zero-order valence-corrected chi connectivity index (χ0v) is 13.1. The number of nitro groups is 1. The summed E-state index contributed by atoms with van der Waals surface area (Å²) in [5, 5.41) is 14.7. The van der Waals surface area contributed by atoms with Crippen molar-refractivity contribution in [2.45, 2.75) is 32.2 Å². The molecule has 0 amide bonds. The average molecular weight is 343 g/mol. The van der Waals surface area contributed by atoms with Crippen molar-refractivity contribution in [3.8, 4) is 0 Å². The largest absolute Gasteiger partial charge is 0.363 e. The van der Waals surface area contributed by atoms with E-state index in [0.717, 1.165) is 32.5 Å². The van der Waals surface area contributed by atoms with Gasteiger partial charge < -0.3 is 10.2 Å². The van der Waals surface area contributed by atoms with Crippen LogP contribution in [-0.4, -0.2) is 35.6 Å². The van der Waals surface area contributed by atoms with Crippen molar-refractivity contribution in [1.29, 1.82) is 0 Å². The predicted octanol–water partition coefficient (Wildman–Crippen LogP) is 2.72. The third-order valence-corrected chi connectivity index (χ3v) is 4.04. The highest BCUT2D eigenvalue weighted by atomic mass is 79.9. The topological polar surface area (TPSA) is 71.3 Å². The van der Waals surface area contributed by atoms with Gasteiger partial charge in [-0.25, -0.2) is 0 Å². The number of nitrogens with zero attached hydrogens (tertiary/aromatic N) is 3. The summed E-state index contributed by atoms with van der Waals surface area (Å²) in [5.74, 6) is 0. The number of pyridine rings is 1. The maximum atomic E-state index is 11.2. The first-order valence-electron chi connectivity index (χ1n) is 6.89. The van der Waals surface area contributed by atoms with Crippen molar-refractivity contribution in [3.63, 3.8) is 0 Å². The van der Waals surface area contributed by atoms with E-state index < -0.39 is 0 Å². The van der Waals surface area contributed by atoms with Gasteiger partial charge in [0.1, 0.15) is 11.9 Å². The Labute approximate surface area is 126 Å². The van der Waals surface area contributed by atoms with Crippen LogP contribution in [0.25, 0.3) is 0 Å². The fourth-order valence-electron chi connectivity index (χ4n) is 2.61. The Morgan fingerprint density at radius 3 is 3.00 bits per heavy atom. The Bertz CT molecular complexity index is 477. The van der Waals surface area contributed by atoms with Crippen LogP contribution in [0, 0.1) is 10.1 Å². The molecule has 1 aliphatic heterocycles. The zero-order valence-electron chi connectivity index (χ0n) is 11.5. The van der Waals surface area contributed by atoms with Gasteiger partial charge in [0.2, 0.25) is 0 Å². The van der Waals surface area contributed by atoms with E-state index in [0.29, 0.717) is 16.2 Å². The lowest BCUT2D eigenvalue weighted by Crippen LogP contribution is -2.38. The van der Waals surface area contributed by atoms with Gasteiger partial charge in [-0.15, -0.1) is 0 Å². The van der Waals surface area contributed by atoms with E-state index in [4.69, 9.17) is 0 Å². The monoisotopic (exact) mass is 342 g/mol. The number of halogens is 1. The Kier molecular flexibility index (Phi) is 5.31. The molecule has 0 radical (unpaired) electrons. The lowest BCUT2D eigenvalue weighted by molar-refractivity contribution is -0.384. The molecule has 1 fully saturated rings. The number of rotatable bonds is 6. The van der Waals surface area contributed by atoms with Crippen LogP contribution >= 0.6 is 15.9 Å². The van der Waals surface area contributed by atoms with E-state index in [1.54, 1.807) is 6.20 Å². The normalized spacial score (nSPS) is 18.2. The Hall–Kier alpha value is -1.21. The van der Waals surface area contributed by atoms with Gasteiger partial charge in [0.15, 0.2) is 0 Å². The lowest BCUT2D eigenvalue weighted by Gasteiger charge is -2.27. The summed E-state index contributed by atoms with van der Waals surface area (Å²) in [6.45, 7) is 4.69. The fourth-order valence-corrected chi connectivity index (χ4v) is 3.18. The molecule has 0 bridgehead atoms. The molecule has 6 nitrogen and oxygen atoms in total. The Morgan fingerprint density at radius 1 is 1.60 bits per heavy atom. The number of hydrogen-bond donors (Lipinski definition) is 1. The molecule has 1 atom stereocenters. The lowest BCUT2D eigenvalue weighted by atomic mass is 10.2. The standard InChI is InChI=1S/C13H19BrN4O2/c1-2-6-17(9-10-4-3-5-16-10)13-11(14)7-15-8-12(13)18(19)20/h7-8,10,16H,2-6,9H2,1H3. The second-order valence-electron chi connectivity index (χ2n) is 4.99. The van der Waals surface area contributed by atoms with Crippen LogP contribution in [0.2, 0.25) is 0 Å². The molecular formula is C13H19BrN4O2. The average Bonchev–Trinajstić information content (AvgIpc) is 2.91. The van der Waals surface area contributed by atoms with Gasteiger partial charge in [0, 0.05) is 25.3 Å². The molecule has 2 heterocycles. The van der Waals surface area contributed by atoms with Crippen molar-refractivity contribution in [2.75, 3.05) is 24.5 Å². The summed E-state index contributed by atoms with van der Waals surface area (Å²) in [6, 6.07) is 0.404. The summed E-state index contributed by atoms with van der Waals surface area (Å²) in [4.78, 5) is 16.9. The minimum atomic E-state index is -0.363. The van der Waals surface area contributed by atoms with Crippen LogP contribution < -0.4 is 10.2 Å². The van der Waals surface area contributed by atoms with Gasteiger partial charge in [-0.3, -0.25) is 15.1 Å². The Balaban J connectivity index is 2.29. The summed E-state index contributed by atoms with van der Waals surface area (Å²) in [7, 11) is 0. The first kappa shape index (κ1) is 15.2. The summed E-state index contributed by atoms with van der Waals surface area (Å²) in [5.41, 5.74) is 0.700. The molecule has 1 aromatic heterocycles. The second-order valence-corrected chi connectivity index (χ2v) is 5.84. The third kappa shape index (κ3) is 3.46. The van der Waals surface area contributed by atoms with E-state index in [9.17, 15) is 10.1 Å². The highest BCUT2D eigenvalue weighted by Crippen LogP contribution is 2.35. The number of hydrogen-bond acceptors (Lipinski definition) is 5. The minimum Gasteiger partial charge on any atom is -0.363 e. The summed E-state index contributed by atoms with van der Waals surface area (Å²) in [6.07, 6.45) is 6.18. The highest BCUT2D eigenvalue weighted by Gasteiger charge is 2.25. The SMILES string of the molecule is CCCN(CC1CCCN1)c1c(Br)cncc1[N+](=O)[O-]. The van der Waals surface area contributed by atoms with Crippen LogP contribution in [0.5, 0.6) is 0 Å². The molecule has 0 saturated carbocycles. The molecule has 1 saturated heterocycles. The Morgan fingerprint density at radius 2 is 2.40 bits per heavy atom. The van der Waals surface area contributed by atoms with E-state index >= 15 is 0 Å². The predicted molar refractivity (Wildman–Crippen MR) is 82.1 cm³/mol. The molecule has 0 aromatic carbocycles. The van der Waals surface area contributed by atoms with Crippen LogP contribution in [-0.2, 0) is 0 Å². The van der Waals surface area contributed by atoms with Gasteiger partial charge >= 0.3 is 5.69 Å². The van der Waals surface area contributed by atoms with Gasteiger partial charge in [-0.05, 0) is 41.7 Å². The molecule has 0 aliphatic carbocycles. The van der Waals surface area contributed by atoms with Crippen LogP contribution in [0.4, 0.5) is 11.4 Å². The van der Waals surface area contributed by atoms with E-state index in [1.165, 1.54) is 12.6 Å². The van der Waals surface area contributed by atoms with Crippen molar-refractivity contribution in [3.05, 3.63) is 27.0 Å². The molecular weight excluding hydrogens is 324 g/mol. The van der Waals surface area contributed by atoms with Crippen LogP contribution in [0.15, 0.2) is 16.9 Å². The van der Waals surface area contributed by atoms with E-state index in [1.807, 2.05) is 0 Å². The molecule has 1 unspecified atom stereocenters. The molecule has 110 valence electrons.